The van der Waals surface area contributed by atoms with Gasteiger partial charge in [-0.1, -0.05) is 20.4 Å². The van der Waals surface area contributed by atoms with Crippen LogP contribution < -0.4 is 0 Å². The van der Waals surface area contributed by atoms with E-state index < -0.39 is 0 Å². The second kappa shape index (κ2) is 3.26. The van der Waals surface area contributed by atoms with Crippen molar-refractivity contribution < 1.29 is 4.79 Å². The van der Waals surface area contributed by atoms with Crippen molar-refractivity contribution in [3.05, 3.63) is 23.3 Å². The first-order chi connectivity index (χ1) is 5.54. The van der Waals surface area contributed by atoms with Crippen LogP contribution in [0.25, 0.3) is 0 Å². The highest BCUT2D eigenvalue weighted by Gasteiger charge is 2.27. The summed E-state index contributed by atoms with van der Waals surface area (Å²) < 4.78 is 0. The number of carbonyl (C=O) groups excluding carboxylic acids is 1. The van der Waals surface area contributed by atoms with E-state index in [1.165, 1.54) is 0 Å². The summed E-state index contributed by atoms with van der Waals surface area (Å²) in [4.78, 5) is 11.2. The molecule has 0 fully saturated rings. The van der Waals surface area contributed by atoms with Crippen LogP contribution in [-0.2, 0) is 4.79 Å². The molecule has 66 valence electrons. The molecule has 0 aliphatic heterocycles. The number of hydrogen-bond acceptors (Lipinski definition) is 1. The minimum absolute atomic E-state index is 0.188. The third-order valence-electron chi connectivity index (χ3n) is 2.43. The van der Waals surface area contributed by atoms with Crippen LogP contribution in [0.1, 0.15) is 33.6 Å². The average molecular weight is 164 g/mol. The molecule has 0 spiro atoms. The summed E-state index contributed by atoms with van der Waals surface area (Å²) in [6.07, 6.45) is 2.03. The molecule has 0 bridgehead atoms. The van der Waals surface area contributed by atoms with Gasteiger partial charge < -0.3 is 0 Å². The predicted octanol–water partition coefficient (Wildman–Crippen LogP) is 2.88. The quantitative estimate of drug-likeness (QED) is 0.586. The maximum Gasteiger partial charge on any atom is 0.188 e. The van der Waals surface area contributed by atoms with Crippen molar-refractivity contribution in [3.8, 4) is 0 Å². The van der Waals surface area contributed by atoms with Crippen LogP contribution in [0.4, 0.5) is 0 Å². The van der Waals surface area contributed by atoms with E-state index in [0.29, 0.717) is 11.5 Å². The van der Waals surface area contributed by atoms with Crippen LogP contribution in [0.15, 0.2) is 23.3 Å². The summed E-state index contributed by atoms with van der Waals surface area (Å²) in [5.41, 5.74) is 2.85. The summed E-state index contributed by atoms with van der Waals surface area (Å²) in [6, 6.07) is 0. The molecule has 1 nitrogen and oxygen atoms in total. The fourth-order valence-corrected chi connectivity index (χ4v) is 1.38. The molecule has 0 aromatic rings. The van der Waals surface area contributed by atoms with Crippen molar-refractivity contribution in [3.63, 3.8) is 0 Å². The summed E-state index contributed by atoms with van der Waals surface area (Å²) in [5, 5.41) is 0. The number of hydrogen-bond donors (Lipinski definition) is 0. The molecule has 0 N–H and O–H groups in total. The third-order valence-corrected chi connectivity index (χ3v) is 2.43. The van der Waals surface area contributed by atoms with Gasteiger partial charge in [0.2, 0.25) is 0 Å². The van der Waals surface area contributed by atoms with Crippen LogP contribution in [-0.4, -0.2) is 5.78 Å². The van der Waals surface area contributed by atoms with Gasteiger partial charge >= 0.3 is 0 Å². The van der Waals surface area contributed by atoms with Crippen LogP contribution in [0.5, 0.6) is 0 Å². The van der Waals surface area contributed by atoms with Gasteiger partial charge in [-0.05, 0) is 31.3 Å². The van der Waals surface area contributed by atoms with E-state index >= 15 is 0 Å². The summed E-state index contributed by atoms with van der Waals surface area (Å²) in [6.45, 7) is 10.0. The van der Waals surface area contributed by atoms with E-state index in [0.717, 1.165) is 24.0 Å². The van der Waals surface area contributed by atoms with Gasteiger partial charge in [0.05, 0.1) is 0 Å². The Kier molecular flexibility index (Phi) is 2.51. The molecule has 0 heterocycles. The van der Waals surface area contributed by atoms with E-state index in [9.17, 15) is 4.79 Å². The van der Waals surface area contributed by atoms with Gasteiger partial charge in [-0.15, -0.1) is 0 Å². The van der Waals surface area contributed by atoms with Crippen molar-refractivity contribution in [2.45, 2.75) is 33.6 Å². The Labute approximate surface area is 74.2 Å². The lowest BCUT2D eigenvalue weighted by Crippen LogP contribution is -2.20. The normalized spacial score (nSPS) is 17.3. The highest BCUT2D eigenvalue weighted by Crippen LogP contribution is 2.32. The molecule has 0 amide bonds. The Morgan fingerprint density at radius 3 is 2.42 bits per heavy atom. The maximum absolute atomic E-state index is 11.2. The molecule has 1 rings (SSSR count). The minimum atomic E-state index is 0.188. The molecule has 0 atom stereocenters. The van der Waals surface area contributed by atoms with E-state index in [2.05, 4.69) is 20.4 Å². The minimum Gasteiger partial charge on any atom is -0.289 e. The van der Waals surface area contributed by atoms with Crippen LogP contribution >= 0.6 is 0 Å². The molecule has 0 aromatic heterocycles. The average Bonchev–Trinajstić information content (AvgIpc) is 2.03. The van der Waals surface area contributed by atoms with Crippen LogP contribution in [0.2, 0.25) is 0 Å². The van der Waals surface area contributed by atoms with E-state index in [-0.39, 0.29) is 5.78 Å². The third kappa shape index (κ3) is 1.50. The Morgan fingerprint density at radius 1 is 1.42 bits per heavy atom. The molecule has 0 aromatic carbocycles. The van der Waals surface area contributed by atoms with Crippen molar-refractivity contribution in [2.75, 3.05) is 0 Å². The molecule has 1 heteroatoms. The second-order valence-corrected chi connectivity index (χ2v) is 3.84. The first-order valence-corrected chi connectivity index (χ1v) is 4.47. The molecular weight excluding hydrogens is 148 g/mol. The molecule has 0 saturated heterocycles. The van der Waals surface area contributed by atoms with Gasteiger partial charge in [-0.3, -0.25) is 4.79 Å². The Balaban J connectivity index is 2.55. The largest absolute Gasteiger partial charge is 0.289 e. The van der Waals surface area contributed by atoms with E-state index in [1.54, 1.807) is 0 Å². The van der Waals surface area contributed by atoms with Crippen molar-refractivity contribution in [1.82, 2.24) is 0 Å². The first kappa shape index (κ1) is 9.24. The SMILES string of the molecule is C=C1C(=O)C(CCC(C)C)=C1C. The van der Waals surface area contributed by atoms with Gasteiger partial charge in [-0.2, -0.15) is 0 Å². The Morgan fingerprint density at radius 2 is 2.00 bits per heavy atom. The zero-order valence-electron chi connectivity index (χ0n) is 8.11. The highest BCUT2D eigenvalue weighted by atomic mass is 16.1. The molecule has 12 heavy (non-hydrogen) atoms. The molecular formula is C11H16O. The zero-order valence-corrected chi connectivity index (χ0v) is 8.11. The fourth-order valence-electron chi connectivity index (χ4n) is 1.38. The molecule has 0 radical (unpaired) electrons. The molecule has 0 unspecified atom stereocenters. The number of Topliss-reactive ketones (excluding diaryl/α,β-unsaturated/α-hetero) is 1. The van der Waals surface area contributed by atoms with Crippen molar-refractivity contribution in [2.24, 2.45) is 5.92 Å². The monoisotopic (exact) mass is 164 g/mol. The Hall–Kier alpha value is -0.850. The van der Waals surface area contributed by atoms with Crippen molar-refractivity contribution in [1.29, 1.82) is 0 Å². The lowest BCUT2D eigenvalue weighted by molar-refractivity contribution is -0.113. The number of ketones is 1. The number of carbonyl (C=O) groups is 1. The number of rotatable bonds is 3. The topological polar surface area (TPSA) is 17.1 Å². The van der Waals surface area contributed by atoms with Crippen LogP contribution in [0, 0.1) is 5.92 Å². The predicted molar refractivity (Wildman–Crippen MR) is 50.9 cm³/mol. The lowest BCUT2D eigenvalue weighted by atomic mass is 9.80. The van der Waals surface area contributed by atoms with Crippen LogP contribution in [0.3, 0.4) is 0 Å². The second-order valence-electron chi connectivity index (χ2n) is 3.84. The summed E-state index contributed by atoms with van der Waals surface area (Å²) in [7, 11) is 0. The lowest BCUT2D eigenvalue weighted by Gasteiger charge is -2.22. The van der Waals surface area contributed by atoms with Gasteiger partial charge in [0.25, 0.3) is 0 Å². The van der Waals surface area contributed by atoms with Gasteiger partial charge in [0.15, 0.2) is 5.78 Å². The zero-order chi connectivity index (χ0) is 9.30. The smallest absolute Gasteiger partial charge is 0.188 e. The maximum atomic E-state index is 11.2. The fraction of sp³-hybridized carbons (Fsp3) is 0.545. The van der Waals surface area contributed by atoms with Crippen molar-refractivity contribution >= 4 is 5.78 Å². The molecule has 0 saturated carbocycles. The van der Waals surface area contributed by atoms with E-state index in [1.807, 2.05) is 6.92 Å². The van der Waals surface area contributed by atoms with E-state index in [4.69, 9.17) is 0 Å². The first-order valence-electron chi connectivity index (χ1n) is 4.47. The molecule has 1 aliphatic carbocycles. The molecule has 1 aliphatic rings. The number of allylic oxidation sites excluding steroid dienone is 3. The standard InChI is InChI=1S/C11H16O/c1-7(2)5-6-10-8(3)9(4)11(10)12/h7H,4-6H2,1-3H3. The highest BCUT2D eigenvalue weighted by molar-refractivity contribution is 6.19. The Bertz CT molecular complexity index is 256. The summed E-state index contributed by atoms with van der Waals surface area (Å²) in [5.74, 6) is 0.861. The van der Waals surface area contributed by atoms with Gasteiger partial charge in [-0.25, -0.2) is 0 Å². The van der Waals surface area contributed by atoms with Gasteiger partial charge in [0.1, 0.15) is 0 Å². The van der Waals surface area contributed by atoms with Gasteiger partial charge in [0, 0.05) is 11.1 Å². The summed E-state index contributed by atoms with van der Waals surface area (Å²) >= 11 is 0.